The third-order valence-corrected chi connectivity index (χ3v) is 4.60. The van der Waals surface area contributed by atoms with Gasteiger partial charge < -0.3 is 5.11 Å². The van der Waals surface area contributed by atoms with Crippen LogP contribution in [0.5, 0.6) is 0 Å². The third kappa shape index (κ3) is 4.56. The van der Waals surface area contributed by atoms with Gasteiger partial charge in [-0.1, -0.05) is 23.9 Å². The van der Waals surface area contributed by atoms with E-state index in [-0.39, 0.29) is 23.5 Å². The second-order valence-corrected chi connectivity index (χ2v) is 6.48. The highest BCUT2D eigenvalue weighted by atomic mass is 32.2. The van der Waals surface area contributed by atoms with Gasteiger partial charge in [0.05, 0.1) is 28.6 Å². The molecule has 1 aromatic heterocycles. The smallest absolute Gasteiger partial charge is 0.335 e. The average molecular weight is 379 g/mol. The molecule has 0 amide bonds. The number of aromatic nitrogens is 4. The van der Waals surface area contributed by atoms with E-state index >= 15 is 0 Å². The molecule has 134 valence electrons. The van der Waals surface area contributed by atoms with Gasteiger partial charge in [0.1, 0.15) is 5.78 Å². The molecular weight excluding hydrogens is 366 g/mol. The van der Waals surface area contributed by atoms with Gasteiger partial charge in [0, 0.05) is 6.42 Å². The molecule has 0 unspecified atom stereocenters. The number of carbonyl (C=O) groups excluding carboxylic acids is 1. The molecule has 0 fully saturated rings. The summed E-state index contributed by atoms with van der Waals surface area (Å²) in [5, 5.41) is 29.7. The molecule has 0 aliphatic carbocycles. The van der Waals surface area contributed by atoms with Crippen LogP contribution in [0, 0.1) is 11.3 Å². The van der Waals surface area contributed by atoms with Gasteiger partial charge in [0.25, 0.3) is 0 Å². The third-order valence-electron chi connectivity index (χ3n) is 3.62. The molecule has 0 saturated heterocycles. The van der Waals surface area contributed by atoms with Gasteiger partial charge in [0.2, 0.25) is 5.16 Å². The SMILES string of the molecule is N#Cc1cccc(CC(=O)CSc2nnnn2-c2ccc(C(=O)O)cc2)c1. The Morgan fingerprint density at radius 3 is 2.67 bits per heavy atom. The number of carboxylic acid groups (broad SMARTS) is 1. The number of carboxylic acids is 1. The molecule has 0 saturated carbocycles. The number of Topliss-reactive ketones (excluding diaryl/α,β-unsaturated/α-hetero) is 1. The quantitative estimate of drug-likeness (QED) is 0.620. The maximum atomic E-state index is 12.2. The highest BCUT2D eigenvalue weighted by Gasteiger charge is 2.13. The molecule has 8 nitrogen and oxygen atoms in total. The molecule has 0 radical (unpaired) electrons. The Bertz CT molecular complexity index is 1020. The van der Waals surface area contributed by atoms with Gasteiger partial charge in [0.15, 0.2) is 0 Å². The Morgan fingerprint density at radius 1 is 1.19 bits per heavy atom. The summed E-state index contributed by atoms with van der Waals surface area (Å²) < 4.78 is 1.44. The van der Waals surface area contributed by atoms with Crippen molar-refractivity contribution in [3.05, 3.63) is 65.2 Å². The van der Waals surface area contributed by atoms with Crippen LogP contribution in [0.1, 0.15) is 21.5 Å². The normalized spacial score (nSPS) is 10.3. The average Bonchev–Trinajstić information content (AvgIpc) is 3.15. The lowest BCUT2D eigenvalue weighted by molar-refractivity contribution is -0.116. The zero-order valence-electron chi connectivity index (χ0n) is 13.9. The molecule has 27 heavy (non-hydrogen) atoms. The van der Waals surface area contributed by atoms with E-state index in [1.54, 1.807) is 36.4 Å². The number of hydrogen-bond acceptors (Lipinski definition) is 7. The molecule has 1 heterocycles. The van der Waals surface area contributed by atoms with E-state index in [0.29, 0.717) is 16.4 Å². The Balaban J connectivity index is 1.65. The topological polar surface area (TPSA) is 122 Å². The van der Waals surface area contributed by atoms with Crippen molar-refractivity contribution in [2.24, 2.45) is 0 Å². The van der Waals surface area contributed by atoms with Crippen LogP contribution in [-0.4, -0.2) is 42.8 Å². The predicted molar refractivity (Wildman–Crippen MR) is 96.7 cm³/mol. The number of ketones is 1. The van der Waals surface area contributed by atoms with Gasteiger partial charge in [-0.2, -0.15) is 9.94 Å². The maximum absolute atomic E-state index is 12.2. The summed E-state index contributed by atoms with van der Waals surface area (Å²) in [5.41, 5.74) is 2.06. The summed E-state index contributed by atoms with van der Waals surface area (Å²) in [5.74, 6) is -0.866. The predicted octanol–water partition coefficient (Wildman–Crippen LogP) is 2.14. The van der Waals surface area contributed by atoms with E-state index in [4.69, 9.17) is 10.4 Å². The van der Waals surface area contributed by atoms with Crippen molar-refractivity contribution in [3.63, 3.8) is 0 Å². The van der Waals surface area contributed by atoms with E-state index in [0.717, 1.165) is 5.56 Å². The molecule has 3 rings (SSSR count). The van der Waals surface area contributed by atoms with Gasteiger partial charge in [-0.15, -0.1) is 5.10 Å². The summed E-state index contributed by atoms with van der Waals surface area (Å²) in [6.07, 6.45) is 0.220. The number of rotatable bonds is 7. The van der Waals surface area contributed by atoms with Crippen LogP contribution in [0.15, 0.2) is 53.7 Å². The molecule has 0 spiro atoms. The van der Waals surface area contributed by atoms with Crippen LogP contribution in [-0.2, 0) is 11.2 Å². The lowest BCUT2D eigenvalue weighted by Crippen LogP contribution is -2.07. The van der Waals surface area contributed by atoms with E-state index < -0.39 is 5.97 Å². The van der Waals surface area contributed by atoms with Crippen LogP contribution in [0.4, 0.5) is 0 Å². The molecule has 0 aliphatic heterocycles. The fourth-order valence-electron chi connectivity index (χ4n) is 2.35. The lowest BCUT2D eigenvalue weighted by atomic mass is 10.1. The maximum Gasteiger partial charge on any atom is 0.335 e. The standard InChI is InChI=1S/C18H13N5O3S/c19-10-13-3-1-2-12(8-13)9-16(24)11-27-18-20-21-22-23(18)15-6-4-14(5-7-15)17(25)26/h1-8H,9,11H2,(H,25,26). The summed E-state index contributed by atoms with van der Waals surface area (Å²) in [6, 6.07) is 15.1. The molecule has 1 N–H and O–H groups in total. The molecule has 0 bridgehead atoms. The van der Waals surface area contributed by atoms with Gasteiger partial charge in [-0.05, 0) is 52.4 Å². The first-order chi connectivity index (χ1) is 13.1. The van der Waals surface area contributed by atoms with Crippen molar-refractivity contribution in [2.45, 2.75) is 11.6 Å². The van der Waals surface area contributed by atoms with Crippen LogP contribution >= 0.6 is 11.8 Å². The Morgan fingerprint density at radius 2 is 1.96 bits per heavy atom. The van der Waals surface area contributed by atoms with E-state index in [2.05, 4.69) is 15.5 Å². The summed E-state index contributed by atoms with van der Waals surface area (Å²) in [7, 11) is 0. The van der Waals surface area contributed by atoms with E-state index in [1.165, 1.54) is 28.6 Å². The minimum absolute atomic E-state index is 0.0223. The largest absolute Gasteiger partial charge is 0.478 e. The van der Waals surface area contributed by atoms with E-state index in [1.807, 2.05) is 6.07 Å². The number of nitriles is 1. The highest BCUT2D eigenvalue weighted by Crippen LogP contribution is 2.19. The molecule has 9 heteroatoms. The first-order valence-electron chi connectivity index (χ1n) is 7.82. The first kappa shape index (κ1) is 18.3. The Labute approximate surface area is 158 Å². The summed E-state index contributed by atoms with van der Waals surface area (Å²) in [4.78, 5) is 23.2. The summed E-state index contributed by atoms with van der Waals surface area (Å²) in [6.45, 7) is 0. The monoisotopic (exact) mass is 379 g/mol. The molecule has 0 atom stereocenters. The Hall–Kier alpha value is -3.51. The number of tetrazole rings is 1. The molecule has 0 aliphatic rings. The number of carbonyl (C=O) groups is 2. The first-order valence-corrected chi connectivity index (χ1v) is 8.81. The zero-order valence-corrected chi connectivity index (χ0v) is 14.8. The van der Waals surface area contributed by atoms with Crippen LogP contribution < -0.4 is 0 Å². The van der Waals surface area contributed by atoms with Crippen molar-refractivity contribution in [1.82, 2.24) is 20.2 Å². The molecule has 2 aromatic carbocycles. The number of thioether (sulfide) groups is 1. The van der Waals surface area contributed by atoms with Crippen molar-refractivity contribution >= 4 is 23.5 Å². The lowest BCUT2D eigenvalue weighted by Gasteiger charge is -2.05. The summed E-state index contributed by atoms with van der Waals surface area (Å²) >= 11 is 1.19. The van der Waals surface area contributed by atoms with Crippen LogP contribution in [0.3, 0.4) is 0 Å². The van der Waals surface area contributed by atoms with Gasteiger partial charge in [-0.3, -0.25) is 4.79 Å². The number of hydrogen-bond donors (Lipinski definition) is 1. The fourth-order valence-corrected chi connectivity index (χ4v) is 3.10. The van der Waals surface area contributed by atoms with Crippen molar-refractivity contribution in [1.29, 1.82) is 5.26 Å². The van der Waals surface area contributed by atoms with E-state index in [9.17, 15) is 9.59 Å². The van der Waals surface area contributed by atoms with Crippen LogP contribution in [0.2, 0.25) is 0 Å². The van der Waals surface area contributed by atoms with Crippen molar-refractivity contribution < 1.29 is 14.7 Å². The van der Waals surface area contributed by atoms with Gasteiger partial charge in [-0.25, -0.2) is 4.79 Å². The number of benzene rings is 2. The number of aromatic carboxylic acids is 1. The number of nitrogens with zero attached hydrogens (tertiary/aromatic N) is 5. The van der Waals surface area contributed by atoms with Gasteiger partial charge >= 0.3 is 5.97 Å². The highest BCUT2D eigenvalue weighted by molar-refractivity contribution is 7.99. The second kappa shape index (κ2) is 8.25. The molecular formula is C18H13N5O3S. The second-order valence-electron chi connectivity index (χ2n) is 5.54. The molecule has 3 aromatic rings. The van der Waals surface area contributed by atoms with Crippen LogP contribution in [0.25, 0.3) is 5.69 Å². The zero-order chi connectivity index (χ0) is 19.2. The Kier molecular flexibility index (Phi) is 5.58. The van der Waals surface area contributed by atoms with Crippen molar-refractivity contribution in [3.8, 4) is 11.8 Å². The minimum Gasteiger partial charge on any atom is -0.478 e. The van der Waals surface area contributed by atoms with Crippen molar-refractivity contribution in [2.75, 3.05) is 5.75 Å². The fraction of sp³-hybridized carbons (Fsp3) is 0.111. The minimum atomic E-state index is -1.01.